The summed E-state index contributed by atoms with van der Waals surface area (Å²) < 4.78 is 10.3. The van der Waals surface area contributed by atoms with Gasteiger partial charge in [0.05, 0.1) is 24.5 Å². The molecule has 0 spiro atoms. The van der Waals surface area contributed by atoms with Crippen LogP contribution in [0.5, 0.6) is 0 Å². The Morgan fingerprint density at radius 1 is 1.19 bits per heavy atom. The third kappa shape index (κ3) is 4.01. The smallest absolute Gasteiger partial charge is 0.348 e. The van der Waals surface area contributed by atoms with Gasteiger partial charge in [0.15, 0.2) is 0 Å². The number of hydrogen-bond donors (Lipinski definition) is 0. The molecule has 146 valence electrons. The Bertz CT molecular complexity index is 862. The van der Waals surface area contributed by atoms with Crippen LogP contribution in [0.2, 0.25) is 5.28 Å². The summed E-state index contributed by atoms with van der Waals surface area (Å²) in [6.07, 6.45) is 1.38. The molecule has 7 nitrogen and oxygen atoms in total. The minimum absolute atomic E-state index is 0.0901. The predicted molar refractivity (Wildman–Crippen MR) is 105 cm³/mol. The van der Waals surface area contributed by atoms with Crippen LogP contribution in [0.1, 0.15) is 41.9 Å². The summed E-state index contributed by atoms with van der Waals surface area (Å²) in [5, 5.41) is 0.962. The Morgan fingerprint density at radius 2 is 1.85 bits per heavy atom. The third-order valence-corrected chi connectivity index (χ3v) is 5.95. The first kappa shape index (κ1) is 19.8. The van der Waals surface area contributed by atoms with E-state index in [9.17, 15) is 9.59 Å². The second-order valence-corrected chi connectivity index (χ2v) is 7.62. The van der Waals surface area contributed by atoms with Crippen LogP contribution in [0.25, 0.3) is 10.2 Å². The van der Waals surface area contributed by atoms with Gasteiger partial charge in [-0.05, 0) is 50.8 Å². The molecule has 2 aromatic rings. The van der Waals surface area contributed by atoms with E-state index in [-0.39, 0.29) is 23.1 Å². The lowest BCUT2D eigenvalue weighted by Gasteiger charge is -2.32. The zero-order chi connectivity index (χ0) is 19.6. The van der Waals surface area contributed by atoms with E-state index in [0.717, 1.165) is 10.9 Å². The standard InChI is InChI=1S/C18H22ClN3O4S/c1-4-25-16(23)11-6-8-22(9-7-11)14-12-10(3)13(17(24)26-5-2)27-15(12)21-18(19)20-14/h11H,4-9H2,1-3H3. The van der Waals surface area contributed by atoms with Crippen molar-refractivity contribution in [3.8, 4) is 0 Å². The van der Waals surface area contributed by atoms with Crippen LogP contribution in [0.3, 0.4) is 0 Å². The SMILES string of the molecule is CCOC(=O)c1sc2nc(Cl)nc(N3CCC(C(=O)OCC)CC3)c2c1C. The Hall–Kier alpha value is -1.93. The number of rotatable bonds is 5. The summed E-state index contributed by atoms with van der Waals surface area (Å²) in [5.74, 6) is 0.115. The van der Waals surface area contributed by atoms with E-state index >= 15 is 0 Å². The summed E-state index contributed by atoms with van der Waals surface area (Å²) in [6.45, 7) is 7.49. The number of ether oxygens (including phenoxy) is 2. The molecule has 1 aliphatic heterocycles. The van der Waals surface area contributed by atoms with Crippen molar-refractivity contribution in [2.24, 2.45) is 5.92 Å². The van der Waals surface area contributed by atoms with Crippen LogP contribution in [0.15, 0.2) is 0 Å². The molecule has 2 aromatic heterocycles. The van der Waals surface area contributed by atoms with Crippen LogP contribution in [0.4, 0.5) is 5.82 Å². The molecule has 0 unspecified atom stereocenters. The molecule has 0 atom stereocenters. The molecule has 0 aromatic carbocycles. The molecular weight excluding hydrogens is 390 g/mol. The Morgan fingerprint density at radius 3 is 2.48 bits per heavy atom. The molecule has 0 amide bonds. The predicted octanol–water partition coefficient (Wildman–Crippen LogP) is 3.61. The van der Waals surface area contributed by atoms with Gasteiger partial charge in [0.25, 0.3) is 0 Å². The van der Waals surface area contributed by atoms with Gasteiger partial charge >= 0.3 is 11.9 Å². The van der Waals surface area contributed by atoms with Crippen LogP contribution in [0, 0.1) is 12.8 Å². The number of nitrogens with zero attached hydrogens (tertiary/aromatic N) is 3. The molecule has 3 rings (SSSR count). The van der Waals surface area contributed by atoms with Crippen molar-refractivity contribution in [3.05, 3.63) is 15.7 Å². The van der Waals surface area contributed by atoms with E-state index in [1.807, 2.05) is 13.8 Å². The normalized spacial score (nSPS) is 15.2. The zero-order valence-electron chi connectivity index (χ0n) is 15.6. The maximum absolute atomic E-state index is 12.2. The quantitative estimate of drug-likeness (QED) is 0.549. The van der Waals surface area contributed by atoms with Gasteiger partial charge in [-0.1, -0.05) is 0 Å². The minimum atomic E-state index is -0.360. The summed E-state index contributed by atoms with van der Waals surface area (Å²) >= 11 is 7.40. The van der Waals surface area contributed by atoms with Crippen molar-refractivity contribution < 1.29 is 19.1 Å². The van der Waals surface area contributed by atoms with Crippen molar-refractivity contribution in [1.82, 2.24) is 9.97 Å². The molecule has 1 fully saturated rings. The number of thiophene rings is 1. The topological polar surface area (TPSA) is 81.6 Å². The van der Waals surface area contributed by atoms with E-state index in [1.165, 1.54) is 11.3 Å². The first-order chi connectivity index (χ1) is 13.0. The van der Waals surface area contributed by atoms with Gasteiger partial charge < -0.3 is 14.4 Å². The largest absolute Gasteiger partial charge is 0.466 e. The van der Waals surface area contributed by atoms with Gasteiger partial charge in [-0.25, -0.2) is 9.78 Å². The number of aromatic nitrogens is 2. The number of hydrogen-bond acceptors (Lipinski definition) is 8. The molecule has 27 heavy (non-hydrogen) atoms. The molecule has 0 bridgehead atoms. The molecule has 1 aliphatic rings. The van der Waals surface area contributed by atoms with Gasteiger partial charge in [0, 0.05) is 13.1 Å². The van der Waals surface area contributed by atoms with Crippen molar-refractivity contribution in [2.75, 3.05) is 31.2 Å². The average molecular weight is 412 g/mol. The molecule has 9 heteroatoms. The lowest BCUT2D eigenvalue weighted by Crippen LogP contribution is -2.37. The molecule has 0 radical (unpaired) electrons. The number of aryl methyl sites for hydroxylation is 1. The minimum Gasteiger partial charge on any atom is -0.466 e. The van der Waals surface area contributed by atoms with Gasteiger partial charge in [-0.3, -0.25) is 4.79 Å². The van der Waals surface area contributed by atoms with Crippen molar-refractivity contribution in [3.63, 3.8) is 0 Å². The van der Waals surface area contributed by atoms with E-state index in [4.69, 9.17) is 21.1 Å². The number of fused-ring (bicyclic) bond motifs is 1. The van der Waals surface area contributed by atoms with Crippen molar-refractivity contribution in [2.45, 2.75) is 33.6 Å². The molecule has 3 heterocycles. The zero-order valence-corrected chi connectivity index (χ0v) is 17.2. The summed E-state index contributed by atoms with van der Waals surface area (Å²) in [6, 6.07) is 0. The van der Waals surface area contributed by atoms with E-state index in [2.05, 4.69) is 14.9 Å². The average Bonchev–Trinajstić information content (AvgIpc) is 2.98. The monoisotopic (exact) mass is 411 g/mol. The number of piperidine rings is 1. The van der Waals surface area contributed by atoms with Crippen LogP contribution < -0.4 is 4.90 Å². The second-order valence-electron chi connectivity index (χ2n) is 6.29. The highest BCUT2D eigenvalue weighted by molar-refractivity contribution is 7.20. The fraction of sp³-hybridized carbons (Fsp3) is 0.556. The summed E-state index contributed by atoms with van der Waals surface area (Å²) in [4.78, 5) is 36.2. The van der Waals surface area contributed by atoms with E-state index in [1.54, 1.807) is 6.92 Å². The first-order valence-electron chi connectivity index (χ1n) is 9.01. The number of halogens is 1. The maximum atomic E-state index is 12.2. The van der Waals surface area contributed by atoms with Gasteiger partial charge in [-0.2, -0.15) is 4.98 Å². The Kier molecular flexibility index (Phi) is 6.16. The van der Waals surface area contributed by atoms with Crippen LogP contribution in [-0.2, 0) is 14.3 Å². The van der Waals surface area contributed by atoms with Gasteiger partial charge in [0.1, 0.15) is 15.5 Å². The highest BCUT2D eigenvalue weighted by Crippen LogP contribution is 2.37. The molecular formula is C18H22ClN3O4S. The fourth-order valence-electron chi connectivity index (χ4n) is 3.30. The molecule has 1 saturated heterocycles. The van der Waals surface area contributed by atoms with Gasteiger partial charge in [0.2, 0.25) is 5.28 Å². The number of anilines is 1. The lowest BCUT2D eigenvalue weighted by atomic mass is 9.97. The summed E-state index contributed by atoms with van der Waals surface area (Å²) in [7, 11) is 0. The van der Waals surface area contributed by atoms with Crippen LogP contribution in [-0.4, -0.2) is 48.2 Å². The maximum Gasteiger partial charge on any atom is 0.348 e. The molecule has 0 aliphatic carbocycles. The highest BCUT2D eigenvalue weighted by Gasteiger charge is 2.29. The second kappa shape index (κ2) is 8.39. The Labute approximate surface area is 166 Å². The number of esters is 2. The third-order valence-electron chi connectivity index (χ3n) is 4.62. The van der Waals surface area contributed by atoms with E-state index in [0.29, 0.717) is 54.7 Å². The van der Waals surface area contributed by atoms with Crippen molar-refractivity contribution in [1.29, 1.82) is 0 Å². The Balaban J connectivity index is 1.91. The molecule has 0 saturated carbocycles. The van der Waals surface area contributed by atoms with Gasteiger partial charge in [-0.15, -0.1) is 11.3 Å². The first-order valence-corrected chi connectivity index (χ1v) is 10.2. The fourth-order valence-corrected chi connectivity index (χ4v) is 4.58. The highest BCUT2D eigenvalue weighted by atomic mass is 35.5. The van der Waals surface area contributed by atoms with Crippen LogP contribution >= 0.6 is 22.9 Å². The summed E-state index contributed by atoms with van der Waals surface area (Å²) in [5.41, 5.74) is 0.799. The number of carbonyl (C=O) groups excluding carboxylic acids is 2. The van der Waals surface area contributed by atoms with E-state index < -0.39 is 0 Å². The number of carbonyl (C=O) groups is 2. The lowest BCUT2D eigenvalue weighted by molar-refractivity contribution is -0.148. The molecule has 0 N–H and O–H groups in total. The van der Waals surface area contributed by atoms with Crippen molar-refractivity contribution >= 4 is 50.9 Å².